The van der Waals surface area contributed by atoms with E-state index in [1.54, 1.807) is 12.1 Å². The molecule has 1 saturated carbocycles. The van der Waals surface area contributed by atoms with Crippen molar-refractivity contribution in [2.45, 2.75) is 25.8 Å². The minimum Gasteiger partial charge on any atom is -0.508 e. The van der Waals surface area contributed by atoms with Crippen LogP contribution in [-0.4, -0.2) is 16.3 Å². The van der Waals surface area contributed by atoms with E-state index in [4.69, 9.17) is 10.8 Å². The molecule has 1 aromatic rings. The molecule has 4 N–H and O–H groups in total. The number of rotatable bonds is 1. The number of hydrogen-bond acceptors (Lipinski definition) is 3. The Bertz CT molecular complexity index is 374. The van der Waals surface area contributed by atoms with Crippen LogP contribution < -0.4 is 5.73 Å². The van der Waals surface area contributed by atoms with Crippen LogP contribution in [-0.2, 0) is 0 Å². The molecule has 3 heteroatoms. The molecule has 2 atom stereocenters. The zero-order valence-electron chi connectivity index (χ0n) is 8.36. The van der Waals surface area contributed by atoms with Gasteiger partial charge in [0.25, 0.3) is 0 Å². The molecule has 2 unspecified atom stereocenters. The van der Waals surface area contributed by atoms with Crippen LogP contribution in [0.25, 0.3) is 0 Å². The quantitative estimate of drug-likeness (QED) is 0.634. The van der Waals surface area contributed by atoms with Crippen molar-refractivity contribution in [3.63, 3.8) is 0 Å². The van der Waals surface area contributed by atoms with Gasteiger partial charge in [-0.2, -0.15) is 0 Å². The zero-order valence-corrected chi connectivity index (χ0v) is 8.36. The lowest BCUT2D eigenvalue weighted by Crippen LogP contribution is -2.06. The first kappa shape index (κ1) is 9.34. The Morgan fingerprint density at radius 2 is 1.86 bits per heavy atom. The fourth-order valence-corrected chi connectivity index (χ4v) is 2.07. The van der Waals surface area contributed by atoms with E-state index in [1.807, 2.05) is 0 Å². The van der Waals surface area contributed by atoms with Crippen LogP contribution in [0.15, 0.2) is 18.2 Å². The second kappa shape index (κ2) is 2.64. The second-order valence-electron chi connectivity index (χ2n) is 4.57. The molecule has 3 nitrogen and oxygen atoms in total. The highest BCUT2D eigenvalue weighted by atomic mass is 16.3. The Morgan fingerprint density at radius 3 is 2.29 bits per heavy atom. The maximum atomic E-state index is 9.64. The molecule has 0 radical (unpaired) electrons. The fourth-order valence-electron chi connectivity index (χ4n) is 2.07. The molecule has 1 aliphatic carbocycles. The molecular weight excluding hydrogens is 178 g/mol. The predicted molar refractivity (Wildman–Crippen MR) is 54.3 cm³/mol. The monoisotopic (exact) mass is 193 g/mol. The summed E-state index contributed by atoms with van der Waals surface area (Å²) in [5.41, 5.74) is 6.79. The van der Waals surface area contributed by atoms with Gasteiger partial charge in [-0.1, -0.05) is 19.9 Å². The van der Waals surface area contributed by atoms with Crippen molar-refractivity contribution in [1.29, 1.82) is 0 Å². The summed E-state index contributed by atoms with van der Waals surface area (Å²) in [6.45, 7) is 4.16. The van der Waals surface area contributed by atoms with E-state index in [0.717, 1.165) is 5.56 Å². The molecule has 0 amide bonds. The van der Waals surface area contributed by atoms with Gasteiger partial charge in [0.1, 0.15) is 11.5 Å². The lowest BCUT2D eigenvalue weighted by Gasteiger charge is -2.05. The lowest BCUT2D eigenvalue weighted by atomic mass is 10.0. The number of hydrogen-bond donors (Lipinski definition) is 3. The van der Waals surface area contributed by atoms with Crippen LogP contribution in [0.4, 0.5) is 0 Å². The van der Waals surface area contributed by atoms with E-state index < -0.39 is 0 Å². The summed E-state index contributed by atoms with van der Waals surface area (Å²) >= 11 is 0. The molecule has 0 heterocycles. The molecule has 1 aromatic carbocycles. The van der Waals surface area contributed by atoms with Crippen molar-refractivity contribution in [1.82, 2.24) is 0 Å². The van der Waals surface area contributed by atoms with E-state index in [-0.39, 0.29) is 28.9 Å². The summed E-state index contributed by atoms with van der Waals surface area (Å²) in [5.74, 6) is 0.414. The van der Waals surface area contributed by atoms with Crippen LogP contribution in [0.2, 0.25) is 0 Å². The summed E-state index contributed by atoms with van der Waals surface area (Å²) in [7, 11) is 0. The Kier molecular flexibility index (Phi) is 1.76. The van der Waals surface area contributed by atoms with Crippen LogP contribution in [0.5, 0.6) is 11.5 Å². The first-order valence-electron chi connectivity index (χ1n) is 4.72. The second-order valence-corrected chi connectivity index (χ2v) is 4.57. The summed E-state index contributed by atoms with van der Waals surface area (Å²) < 4.78 is 0. The highest BCUT2D eigenvalue weighted by molar-refractivity contribution is 5.46. The summed E-state index contributed by atoms with van der Waals surface area (Å²) in [6.07, 6.45) is 0. The number of benzene rings is 1. The summed E-state index contributed by atoms with van der Waals surface area (Å²) in [4.78, 5) is 0. The van der Waals surface area contributed by atoms with Crippen molar-refractivity contribution in [2.75, 3.05) is 0 Å². The third-order valence-electron chi connectivity index (χ3n) is 3.26. The van der Waals surface area contributed by atoms with Crippen LogP contribution >= 0.6 is 0 Å². The van der Waals surface area contributed by atoms with Gasteiger partial charge in [-0.3, -0.25) is 0 Å². The molecule has 1 fully saturated rings. The molecule has 1 aliphatic rings. The normalized spacial score (nSPS) is 28.8. The van der Waals surface area contributed by atoms with Crippen molar-refractivity contribution in [2.24, 2.45) is 11.1 Å². The number of aromatic hydroxyl groups is 2. The largest absolute Gasteiger partial charge is 0.508 e. The van der Waals surface area contributed by atoms with E-state index >= 15 is 0 Å². The van der Waals surface area contributed by atoms with Gasteiger partial charge in [-0.25, -0.2) is 0 Å². The molecule has 0 aromatic heterocycles. The van der Waals surface area contributed by atoms with Crippen LogP contribution in [0, 0.1) is 5.41 Å². The molecular formula is C11H15NO2. The van der Waals surface area contributed by atoms with Gasteiger partial charge in [-0.15, -0.1) is 0 Å². The lowest BCUT2D eigenvalue weighted by molar-refractivity contribution is 0.443. The maximum absolute atomic E-state index is 9.64. The first-order chi connectivity index (χ1) is 6.44. The maximum Gasteiger partial charge on any atom is 0.122 e. The zero-order chi connectivity index (χ0) is 10.5. The van der Waals surface area contributed by atoms with Gasteiger partial charge < -0.3 is 15.9 Å². The highest BCUT2D eigenvalue weighted by Crippen LogP contribution is 2.59. The summed E-state index contributed by atoms with van der Waals surface area (Å²) in [6, 6.07) is 4.77. The fraction of sp³-hybridized carbons (Fsp3) is 0.455. The molecule has 76 valence electrons. The molecule has 0 spiro atoms. The van der Waals surface area contributed by atoms with Crippen molar-refractivity contribution in [3.8, 4) is 11.5 Å². The summed E-state index contributed by atoms with van der Waals surface area (Å²) in [5, 5.41) is 18.8. The Hall–Kier alpha value is -1.22. The van der Waals surface area contributed by atoms with Crippen LogP contribution in [0.1, 0.15) is 25.3 Å². The standard InChI is InChI=1S/C11H15NO2/c1-11(2)9(10(11)12)7-4-3-6(13)5-8(7)14/h3-5,9-10,13-14H,12H2,1-2H3. The predicted octanol–water partition coefficient (Wildman–Crippen LogP) is 1.55. The Labute approximate surface area is 83.2 Å². The van der Waals surface area contributed by atoms with Gasteiger partial charge in [0.15, 0.2) is 0 Å². The number of phenolic OH excluding ortho intramolecular Hbond substituents is 2. The third-order valence-corrected chi connectivity index (χ3v) is 3.26. The number of nitrogens with two attached hydrogens (primary N) is 1. The minimum absolute atomic E-state index is 0.0501. The van der Waals surface area contributed by atoms with Gasteiger partial charge >= 0.3 is 0 Å². The van der Waals surface area contributed by atoms with E-state index in [9.17, 15) is 5.11 Å². The minimum atomic E-state index is 0.0501. The van der Waals surface area contributed by atoms with Crippen LogP contribution in [0.3, 0.4) is 0 Å². The molecule has 0 saturated heterocycles. The van der Waals surface area contributed by atoms with Gasteiger partial charge in [0.2, 0.25) is 0 Å². The molecule has 14 heavy (non-hydrogen) atoms. The topological polar surface area (TPSA) is 66.5 Å². The average molecular weight is 193 g/mol. The third kappa shape index (κ3) is 1.16. The average Bonchev–Trinajstić information content (AvgIpc) is 2.54. The van der Waals surface area contributed by atoms with Gasteiger partial charge in [0.05, 0.1) is 0 Å². The molecule has 2 rings (SSSR count). The number of phenols is 2. The first-order valence-corrected chi connectivity index (χ1v) is 4.72. The van der Waals surface area contributed by atoms with Gasteiger partial charge in [-0.05, 0) is 17.0 Å². The molecule has 0 aliphatic heterocycles. The smallest absolute Gasteiger partial charge is 0.122 e. The van der Waals surface area contributed by atoms with E-state index in [1.165, 1.54) is 6.07 Å². The highest BCUT2D eigenvalue weighted by Gasteiger charge is 2.56. The molecule has 0 bridgehead atoms. The Morgan fingerprint density at radius 1 is 1.29 bits per heavy atom. The Balaban J connectivity index is 2.36. The van der Waals surface area contributed by atoms with Crippen molar-refractivity contribution < 1.29 is 10.2 Å². The van der Waals surface area contributed by atoms with Crippen molar-refractivity contribution in [3.05, 3.63) is 23.8 Å². The van der Waals surface area contributed by atoms with E-state index in [0.29, 0.717) is 0 Å². The SMILES string of the molecule is CC1(C)C(N)C1c1ccc(O)cc1O. The van der Waals surface area contributed by atoms with Gasteiger partial charge in [0, 0.05) is 18.0 Å². The van der Waals surface area contributed by atoms with E-state index in [2.05, 4.69) is 13.8 Å². The van der Waals surface area contributed by atoms with Crippen molar-refractivity contribution >= 4 is 0 Å².